The summed E-state index contributed by atoms with van der Waals surface area (Å²) in [7, 11) is 2.07. The summed E-state index contributed by atoms with van der Waals surface area (Å²) in [4.78, 5) is 0. The fourth-order valence-corrected chi connectivity index (χ4v) is 6.18. The van der Waals surface area contributed by atoms with Gasteiger partial charge in [-0.05, 0) is 64.4 Å². The van der Waals surface area contributed by atoms with E-state index in [1.165, 1.54) is 35.7 Å². The highest BCUT2D eigenvalue weighted by Gasteiger charge is 2.47. The Bertz CT molecular complexity index is 1800. The first kappa shape index (κ1) is 25.7. The van der Waals surface area contributed by atoms with Gasteiger partial charge in [0.2, 0.25) is 5.69 Å². The van der Waals surface area contributed by atoms with Crippen LogP contribution < -0.4 is 9.30 Å². The minimum Gasteiger partial charge on any atom is -0.455 e. The number of pyridine rings is 1. The van der Waals surface area contributed by atoms with Crippen molar-refractivity contribution in [2.24, 2.45) is 18.4 Å². The maximum atomic E-state index is 13.6. The first-order chi connectivity index (χ1) is 18.4. The number of fused-ring (bicyclic) bond motifs is 5. The maximum absolute atomic E-state index is 13.6. The molecule has 1 aliphatic heterocycles. The van der Waals surface area contributed by atoms with E-state index in [2.05, 4.69) is 68.9 Å². The minimum atomic E-state index is -4.28. The van der Waals surface area contributed by atoms with E-state index >= 15 is 0 Å². The summed E-state index contributed by atoms with van der Waals surface area (Å²) < 4.78 is 49.9. The first-order valence-electron chi connectivity index (χ1n) is 13.5. The van der Waals surface area contributed by atoms with E-state index in [4.69, 9.17) is 4.74 Å². The fraction of sp³-hybridized carbons (Fsp3) is 0.324. The minimum absolute atomic E-state index is 0.0811. The molecule has 0 saturated heterocycles. The number of benzene rings is 4. The molecule has 0 N–H and O–H groups in total. The Hall–Kier alpha value is -3.60. The van der Waals surface area contributed by atoms with Gasteiger partial charge in [-0.1, -0.05) is 70.2 Å². The van der Waals surface area contributed by atoms with Gasteiger partial charge in [0.25, 0.3) is 0 Å². The zero-order chi connectivity index (χ0) is 27.9. The number of nitrogens with zero attached hydrogens (tertiary/aromatic N) is 1. The molecular formula is C34H33F3NO+. The Morgan fingerprint density at radius 3 is 2.31 bits per heavy atom. The summed E-state index contributed by atoms with van der Waals surface area (Å²) in [6.07, 6.45) is -1.40. The summed E-state index contributed by atoms with van der Waals surface area (Å²) in [5.74, 6) is 2.08. The van der Waals surface area contributed by atoms with Crippen molar-refractivity contribution < 1.29 is 22.5 Å². The maximum Gasteiger partial charge on any atom is 0.394 e. The molecule has 1 aromatic heterocycles. The predicted molar refractivity (Wildman–Crippen MR) is 152 cm³/mol. The smallest absolute Gasteiger partial charge is 0.394 e. The Balaban J connectivity index is 1.64. The van der Waals surface area contributed by atoms with Crippen molar-refractivity contribution in [3.8, 4) is 22.8 Å². The van der Waals surface area contributed by atoms with Crippen LogP contribution in [0.25, 0.3) is 43.6 Å². The van der Waals surface area contributed by atoms with Crippen LogP contribution in [-0.2, 0) is 19.9 Å². The van der Waals surface area contributed by atoms with Crippen LogP contribution in [0.2, 0.25) is 0 Å². The van der Waals surface area contributed by atoms with Gasteiger partial charge < -0.3 is 4.74 Å². The molecule has 0 unspecified atom stereocenters. The molecule has 2 heterocycles. The molecule has 0 aliphatic carbocycles. The monoisotopic (exact) mass is 528 g/mol. The van der Waals surface area contributed by atoms with Crippen LogP contribution in [0.15, 0.2) is 60.8 Å². The summed E-state index contributed by atoms with van der Waals surface area (Å²) >= 11 is 0. The van der Waals surface area contributed by atoms with E-state index in [0.717, 1.165) is 50.7 Å². The van der Waals surface area contributed by atoms with Crippen LogP contribution in [0.3, 0.4) is 0 Å². The summed E-state index contributed by atoms with van der Waals surface area (Å²) in [6.45, 7) is 9.13. The van der Waals surface area contributed by atoms with Crippen LogP contribution in [0, 0.1) is 18.3 Å². The number of aromatic nitrogens is 1. The normalized spacial score (nSPS) is 13.4. The molecule has 6 rings (SSSR count). The second-order valence-corrected chi connectivity index (χ2v) is 12.1. The molecular weight excluding hydrogens is 495 g/mol. The van der Waals surface area contributed by atoms with Crippen molar-refractivity contribution >= 4 is 32.3 Å². The summed E-state index contributed by atoms with van der Waals surface area (Å²) in [6, 6.07) is 18.3. The van der Waals surface area contributed by atoms with Gasteiger partial charge in [-0.15, -0.1) is 0 Å². The number of hydrogen-bond acceptors (Lipinski definition) is 1. The highest BCUT2D eigenvalue weighted by atomic mass is 19.4. The number of halogens is 3. The Morgan fingerprint density at radius 2 is 1.62 bits per heavy atom. The first-order valence-corrected chi connectivity index (χ1v) is 13.5. The van der Waals surface area contributed by atoms with E-state index in [-0.39, 0.29) is 6.42 Å². The molecule has 200 valence electrons. The average molecular weight is 529 g/mol. The van der Waals surface area contributed by atoms with Crippen LogP contribution >= 0.6 is 0 Å². The largest absolute Gasteiger partial charge is 0.455 e. The highest BCUT2D eigenvalue weighted by molar-refractivity contribution is 6.16. The van der Waals surface area contributed by atoms with Gasteiger partial charge in [0, 0.05) is 17.0 Å². The quantitative estimate of drug-likeness (QED) is 0.164. The third-order valence-corrected chi connectivity index (χ3v) is 8.27. The van der Waals surface area contributed by atoms with Crippen LogP contribution in [0.1, 0.15) is 44.4 Å². The summed E-state index contributed by atoms with van der Waals surface area (Å²) in [5.41, 5.74) is 3.47. The Labute approximate surface area is 227 Å². The number of aryl methyl sites for hydroxylation is 2. The molecule has 0 atom stereocenters. The van der Waals surface area contributed by atoms with Gasteiger partial charge in [-0.2, -0.15) is 13.2 Å². The van der Waals surface area contributed by atoms with Crippen LogP contribution in [0.4, 0.5) is 13.2 Å². The van der Waals surface area contributed by atoms with E-state index < -0.39 is 11.6 Å². The lowest BCUT2D eigenvalue weighted by Crippen LogP contribution is -2.34. The lowest BCUT2D eigenvalue weighted by Gasteiger charge is -2.28. The van der Waals surface area contributed by atoms with Gasteiger partial charge in [0.05, 0.1) is 16.4 Å². The van der Waals surface area contributed by atoms with E-state index in [1.54, 1.807) is 0 Å². The Kier molecular flexibility index (Phi) is 5.73. The fourth-order valence-electron chi connectivity index (χ4n) is 6.18. The second-order valence-electron chi connectivity index (χ2n) is 12.1. The molecule has 1 aliphatic rings. The number of hydrogen-bond donors (Lipinski definition) is 0. The van der Waals surface area contributed by atoms with E-state index in [0.29, 0.717) is 11.5 Å². The summed E-state index contributed by atoms with van der Waals surface area (Å²) in [5, 5.41) is 6.42. The molecule has 5 aromatic rings. The van der Waals surface area contributed by atoms with Crippen molar-refractivity contribution in [2.45, 2.75) is 53.6 Å². The van der Waals surface area contributed by atoms with Crippen molar-refractivity contribution in [2.75, 3.05) is 0 Å². The lowest BCUT2D eigenvalue weighted by atomic mass is 9.83. The number of alkyl halides is 3. The van der Waals surface area contributed by atoms with Crippen molar-refractivity contribution in [1.29, 1.82) is 0 Å². The SMILES string of the molecule is Cc1c2c(c(CC(C)C)c3ccccc13)Oc1cc3cc(CC(C)(C)C(F)(F)F)ccc3c3cc[n+](C)c-2c13. The zero-order valence-electron chi connectivity index (χ0n) is 23.3. The predicted octanol–water partition coefficient (Wildman–Crippen LogP) is 9.38. The van der Waals surface area contributed by atoms with E-state index in [1.807, 2.05) is 24.3 Å². The van der Waals surface area contributed by atoms with Gasteiger partial charge in [0.15, 0.2) is 6.20 Å². The van der Waals surface area contributed by atoms with Gasteiger partial charge in [-0.25, -0.2) is 4.57 Å². The van der Waals surface area contributed by atoms with Crippen LogP contribution in [-0.4, -0.2) is 6.18 Å². The zero-order valence-corrected chi connectivity index (χ0v) is 23.3. The number of rotatable bonds is 4. The lowest BCUT2D eigenvalue weighted by molar-refractivity contribution is -0.659. The second kappa shape index (κ2) is 8.70. The van der Waals surface area contributed by atoms with Gasteiger partial charge >= 0.3 is 6.18 Å². The molecule has 0 saturated carbocycles. The molecule has 4 aromatic carbocycles. The third kappa shape index (κ3) is 3.97. The third-order valence-electron chi connectivity index (χ3n) is 8.27. The average Bonchev–Trinajstić information content (AvgIpc) is 2.86. The van der Waals surface area contributed by atoms with Gasteiger partial charge in [0.1, 0.15) is 18.5 Å². The highest BCUT2D eigenvalue weighted by Crippen LogP contribution is 2.52. The van der Waals surface area contributed by atoms with Gasteiger partial charge in [-0.3, -0.25) is 0 Å². The Morgan fingerprint density at radius 1 is 0.897 bits per heavy atom. The number of ether oxygens (including phenoxy) is 1. The molecule has 0 amide bonds. The molecule has 0 spiro atoms. The van der Waals surface area contributed by atoms with Crippen molar-refractivity contribution in [1.82, 2.24) is 0 Å². The van der Waals surface area contributed by atoms with E-state index in [9.17, 15) is 13.2 Å². The molecule has 0 radical (unpaired) electrons. The molecule has 5 heteroatoms. The molecule has 39 heavy (non-hydrogen) atoms. The molecule has 2 nitrogen and oxygen atoms in total. The van der Waals surface area contributed by atoms with Crippen molar-refractivity contribution in [3.63, 3.8) is 0 Å². The topological polar surface area (TPSA) is 13.1 Å². The molecule has 0 bridgehead atoms. The molecule has 0 fully saturated rings. The standard InChI is InChI=1S/C34H33F3NO/c1-19(2)15-27-25-10-8-7-9-23(25)20(3)29-31-30-26(13-14-38(31)6)24-12-11-21(18-33(4,5)34(35,36)37)16-22(24)17-28(30)39-32(27)29/h7-14,16-17,19H,15,18H2,1-6H3/q+1. The van der Waals surface area contributed by atoms with Crippen molar-refractivity contribution in [3.05, 3.63) is 77.5 Å². The van der Waals surface area contributed by atoms with Crippen LogP contribution in [0.5, 0.6) is 11.5 Å².